The molecule has 0 radical (unpaired) electrons. The van der Waals surface area contributed by atoms with E-state index < -0.39 is 44.4 Å². The summed E-state index contributed by atoms with van der Waals surface area (Å²) < 4.78 is 69.1. The number of ether oxygens (including phenoxy) is 3. The van der Waals surface area contributed by atoms with Crippen LogP contribution in [0.4, 0.5) is 8.78 Å². The Labute approximate surface area is 195 Å². The smallest absolute Gasteiger partial charge is 0.330 e. The fraction of sp³-hybridized carbons (Fsp3) is 0.304. The molecule has 0 spiro atoms. The average Bonchev–Trinajstić information content (AvgIpc) is 2.84. The first-order valence-electron chi connectivity index (χ1n) is 10.3. The number of nitrogens with zero attached hydrogens (tertiary/aromatic N) is 1. The number of rotatable bonds is 7. The molecule has 0 N–H and O–H groups in total. The molecule has 182 valence electrons. The van der Waals surface area contributed by atoms with Crippen LogP contribution in [0.2, 0.25) is 0 Å². The van der Waals surface area contributed by atoms with Crippen LogP contribution < -0.4 is 9.47 Å². The van der Waals surface area contributed by atoms with Crippen LogP contribution in [0.3, 0.4) is 0 Å². The van der Waals surface area contributed by atoms with Gasteiger partial charge in [0, 0.05) is 19.2 Å². The highest BCUT2D eigenvalue weighted by Gasteiger charge is 2.34. The highest BCUT2D eigenvalue weighted by molar-refractivity contribution is 7.89. The summed E-state index contributed by atoms with van der Waals surface area (Å²) in [5.41, 5.74) is 0.616. The van der Waals surface area contributed by atoms with Crippen molar-refractivity contribution >= 4 is 28.0 Å². The van der Waals surface area contributed by atoms with Crippen LogP contribution in [0.1, 0.15) is 18.4 Å². The molecule has 0 aliphatic carbocycles. The summed E-state index contributed by atoms with van der Waals surface area (Å²) in [6.07, 6.45) is 3.05. The number of sulfonamides is 1. The second kappa shape index (κ2) is 10.7. The van der Waals surface area contributed by atoms with Gasteiger partial charge < -0.3 is 14.2 Å². The Bertz CT molecular complexity index is 1210. The molecule has 11 heteroatoms. The van der Waals surface area contributed by atoms with Crippen molar-refractivity contribution in [2.75, 3.05) is 27.3 Å². The Balaban J connectivity index is 1.65. The highest BCUT2D eigenvalue weighted by atomic mass is 32.2. The monoisotopic (exact) mass is 495 g/mol. The zero-order valence-corrected chi connectivity index (χ0v) is 19.3. The van der Waals surface area contributed by atoms with Crippen molar-refractivity contribution < 1.29 is 41.0 Å². The normalized spacial score (nSPS) is 15.3. The summed E-state index contributed by atoms with van der Waals surface area (Å²) in [6.45, 7) is -0.0983. The SMILES string of the molecule is COC(=O)/C=C/c1ccc(OC(=O)C2CCN(S(=O)(=O)c3cc(F)ccc3F)CC2)c(OC)c1. The molecule has 0 bridgehead atoms. The number of hydrogen-bond acceptors (Lipinski definition) is 7. The third-order valence-corrected chi connectivity index (χ3v) is 7.22. The number of halogens is 2. The first kappa shape index (κ1) is 25.3. The molecular formula is C23H23F2NO7S. The molecule has 3 rings (SSSR count). The number of hydrogen-bond donors (Lipinski definition) is 0. The maximum Gasteiger partial charge on any atom is 0.330 e. The molecule has 2 aromatic carbocycles. The van der Waals surface area contributed by atoms with Crippen molar-refractivity contribution in [2.24, 2.45) is 5.92 Å². The molecule has 2 aromatic rings. The van der Waals surface area contributed by atoms with Gasteiger partial charge in [0.1, 0.15) is 16.5 Å². The highest BCUT2D eigenvalue weighted by Crippen LogP contribution is 2.31. The van der Waals surface area contributed by atoms with Crippen molar-refractivity contribution in [2.45, 2.75) is 17.7 Å². The van der Waals surface area contributed by atoms with Crippen molar-refractivity contribution in [3.63, 3.8) is 0 Å². The van der Waals surface area contributed by atoms with Gasteiger partial charge in [-0.15, -0.1) is 0 Å². The third kappa shape index (κ3) is 5.78. The second-order valence-electron chi connectivity index (χ2n) is 7.44. The largest absolute Gasteiger partial charge is 0.493 e. The third-order valence-electron chi connectivity index (χ3n) is 5.31. The lowest BCUT2D eigenvalue weighted by molar-refractivity contribution is -0.140. The quantitative estimate of drug-likeness (QED) is 0.331. The van der Waals surface area contributed by atoms with Crippen LogP contribution in [-0.2, 0) is 24.3 Å². The lowest BCUT2D eigenvalue weighted by Crippen LogP contribution is -2.41. The molecule has 1 aliphatic heterocycles. The summed E-state index contributed by atoms with van der Waals surface area (Å²) in [6, 6.07) is 6.95. The van der Waals surface area contributed by atoms with Gasteiger partial charge in [0.15, 0.2) is 11.5 Å². The van der Waals surface area contributed by atoms with E-state index in [0.717, 1.165) is 16.4 Å². The summed E-state index contributed by atoms with van der Waals surface area (Å²) >= 11 is 0. The second-order valence-corrected chi connectivity index (χ2v) is 9.35. The van der Waals surface area contributed by atoms with Gasteiger partial charge in [-0.05, 0) is 54.8 Å². The van der Waals surface area contributed by atoms with E-state index in [2.05, 4.69) is 4.74 Å². The van der Waals surface area contributed by atoms with Crippen molar-refractivity contribution in [1.29, 1.82) is 0 Å². The Morgan fingerprint density at radius 3 is 2.38 bits per heavy atom. The van der Waals surface area contributed by atoms with E-state index in [9.17, 15) is 26.8 Å². The molecule has 0 aromatic heterocycles. The van der Waals surface area contributed by atoms with Gasteiger partial charge in [0.05, 0.1) is 20.1 Å². The van der Waals surface area contributed by atoms with E-state index in [1.54, 1.807) is 12.1 Å². The summed E-state index contributed by atoms with van der Waals surface area (Å²) in [5, 5.41) is 0. The standard InChI is InChI=1S/C23H23F2NO7S/c1-31-20-13-15(4-8-22(27)32-2)3-7-19(20)33-23(28)16-9-11-26(12-10-16)34(29,30)21-14-17(24)5-6-18(21)25/h3-8,13-14,16H,9-12H2,1-2H3/b8-4+. The molecular weight excluding hydrogens is 472 g/mol. The molecule has 34 heavy (non-hydrogen) atoms. The molecule has 0 saturated carbocycles. The number of carbonyl (C=O) groups excluding carboxylic acids is 2. The number of piperidine rings is 1. The molecule has 8 nitrogen and oxygen atoms in total. The molecule has 0 amide bonds. The van der Waals surface area contributed by atoms with Gasteiger partial charge in [0.2, 0.25) is 10.0 Å². The number of carbonyl (C=O) groups is 2. The number of benzene rings is 2. The van der Waals surface area contributed by atoms with Gasteiger partial charge in [-0.1, -0.05) is 6.07 Å². The number of esters is 2. The van der Waals surface area contributed by atoms with Crippen molar-refractivity contribution in [3.8, 4) is 11.5 Å². The fourth-order valence-corrected chi connectivity index (χ4v) is 4.99. The topological polar surface area (TPSA) is 99.2 Å². The van der Waals surface area contributed by atoms with Gasteiger partial charge in [-0.3, -0.25) is 4.79 Å². The van der Waals surface area contributed by atoms with Crippen LogP contribution in [-0.4, -0.2) is 52.0 Å². The van der Waals surface area contributed by atoms with Crippen LogP contribution >= 0.6 is 0 Å². The minimum absolute atomic E-state index is 0.0492. The molecule has 0 atom stereocenters. The van der Waals surface area contributed by atoms with Gasteiger partial charge >= 0.3 is 11.9 Å². The van der Waals surface area contributed by atoms with E-state index in [0.29, 0.717) is 11.6 Å². The summed E-state index contributed by atoms with van der Waals surface area (Å²) in [5.74, 6) is -3.15. The minimum atomic E-state index is -4.25. The lowest BCUT2D eigenvalue weighted by Gasteiger charge is -2.30. The first-order chi connectivity index (χ1) is 16.1. The van der Waals surface area contributed by atoms with Crippen LogP contribution in [0, 0.1) is 17.6 Å². The molecule has 1 saturated heterocycles. The molecule has 1 aliphatic rings. The maximum atomic E-state index is 14.0. The van der Waals surface area contributed by atoms with Gasteiger partial charge in [-0.25, -0.2) is 22.0 Å². The molecule has 1 heterocycles. The van der Waals surface area contributed by atoms with Gasteiger partial charge in [0.25, 0.3) is 0 Å². The minimum Gasteiger partial charge on any atom is -0.493 e. The Morgan fingerprint density at radius 2 is 1.74 bits per heavy atom. The van der Waals surface area contributed by atoms with E-state index in [-0.39, 0.29) is 37.4 Å². The number of methoxy groups -OCH3 is 2. The van der Waals surface area contributed by atoms with Crippen molar-refractivity contribution in [1.82, 2.24) is 4.31 Å². The lowest BCUT2D eigenvalue weighted by atomic mass is 9.98. The Kier molecular flexibility index (Phi) is 8.00. The fourth-order valence-electron chi connectivity index (χ4n) is 3.44. The zero-order valence-electron chi connectivity index (χ0n) is 18.5. The summed E-state index contributed by atoms with van der Waals surface area (Å²) in [4.78, 5) is 23.2. The predicted molar refractivity (Wildman–Crippen MR) is 118 cm³/mol. The molecule has 1 fully saturated rings. The van der Waals surface area contributed by atoms with Crippen LogP contribution in [0.25, 0.3) is 6.08 Å². The van der Waals surface area contributed by atoms with Gasteiger partial charge in [-0.2, -0.15) is 4.31 Å². The van der Waals surface area contributed by atoms with E-state index in [1.165, 1.54) is 32.4 Å². The summed E-state index contributed by atoms with van der Waals surface area (Å²) in [7, 11) is -1.59. The van der Waals surface area contributed by atoms with Crippen LogP contribution in [0.15, 0.2) is 47.4 Å². The van der Waals surface area contributed by atoms with E-state index in [4.69, 9.17) is 9.47 Å². The van der Waals surface area contributed by atoms with E-state index >= 15 is 0 Å². The van der Waals surface area contributed by atoms with E-state index in [1.807, 2.05) is 0 Å². The zero-order chi connectivity index (χ0) is 24.9. The molecule has 0 unspecified atom stereocenters. The Morgan fingerprint density at radius 1 is 1.03 bits per heavy atom. The maximum absolute atomic E-state index is 14.0. The average molecular weight is 496 g/mol. The Hall–Kier alpha value is -3.31. The van der Waals surface area contributed by atoms with Crippen molar-refractivity contribution in [3.05, 3.63) is 59.7 Å². The van der Waals surface area contributed by atoms with Crippen LogP contribution in [0.5, 0.6) is 11.5 Å². The predicted octanol–water partition coefficient (Wildman–Crippen LogP) is 3.17. The first-order valence-corrected chi connectivity index (χ1v) is 11.7.